The van der Waals surface area contributed by atoms with Crippen LogP contribution >= 0.6 is 17.1 Å². The van der Waals surface area contributed by atoms with Crippen molar-refractivity contribution in [3.63, 3.8) is 0 Å². The van der Waals surface area contributed by atoms with E-state index in [1.165, 1.54) is 204 Å². The summed E-state index contributed by atoms with van der Waals surface area (Å²) in [5, 5.41) is 0. The van der Waals surface area contributed by atoms with E-state index in [2.05, 4.69) is 32.0 Å². The molecule has 0 atom stereocenters. The standard InChI is InChI=1S/C42H79O2PS2.Zn/c1-3-5-7-9-11-13-15-17-19-21-23-25-27-29-31-33-36-40-38-35-39-41(42(40)47-45(43,44)46)37-34-32-30-28-26-24-22-20-18-16-14-12-10-8-6-4-2;/h35,38-39H,3-34,36-37H2,1-2H3,(H2,43,44,46);/q;+2/p-2. The van der Waals surface area contributed by atoms with Gasteiger partial charge in [0.25, 0.3) is 0 Å². The molecule has 0 N–H and O–H groups in total. The summed E-state index contributed by atoms with van der Waals surface area (Å²) in [5.41, 5.74) is -1.46. The van der Waals surface area contributed by atoms with E-state index in [0.717, 1.165) is 42.0 Å². The van der Waals surface area contributed by atoms with Gasteiger partial charge < -0.3 is 9.79 Å². The van der Waals surface area contributed by atoms with Crippen LogP contribution < -0.4 is 9.79 Å². The normalized spacial score (nSPS) is 11.7. The minimum Gasteiger partial charge on any atom is -0.824 e. The van der Waals surface area contributed by atoms with Gasteiger partial charge in [-0.1, -0.05) is 225 Å². The Balaban J connectivity index is 0.0000221. The summed E-state index contributed by atoms with van der Waals surface area (Å²) in [6.45, 7) is 4.58. The van der Waals surface area contributed by atoms with Crippen LogP contribution in [0.3, 0.4) is 0 Å². The van der Waals surface area contributed by atoms with Crippen molar-refractivity contribution < 1.29 is 29.3 Å². The smallest absolute Gasteiger partial charge is 0.824 e. The van der Waals surface area contributed by atoms with Crippen LogP contribution in [0.1, 0.15) is 230 Å². The maximum Gasteiger partial charge on any atom is 2.00 e. The van der Waals surface area contributed by atoms with Crippen LogP contribution in [-0.4, -0.2) is 0 Å². The van der Waals surface area contributed by atoms with Gasteiger partial charge in [-0.2, -0.15) is 5.69 Å². The molecule has 1 rings (SSSR count). The van der Waals surface area contributed by atoms with Crippen LogP contribution in [0, 0.1) is 0 Å². The summed E-state index contributed by atoms with van der Waals surface area (Å²) in [6.07, 6.45) is 45.7. The van der Waals surface area contributed by atoms with Crippen molar-refractivity contribution in [2.24, 2.45) is 0 Å². The quantitative estimate of drug-likeness (QED) is 0.0387. The molecule has 1 aromatic rings. The molecule has 0 fully saturated rings. The van der Waals surface area contributed by atoms with Gasteiger partial charge >= 0.3 is 19.5 Å². The number of hydrogen-bond donors (Lipinski definition) is 0. The van der Waals surface area contributed by atoms with E-state index in [9.17, 15) is 9.79 Å². The molecule has 0 saturated heterocycles. The van der Waals surface area contributed by atoms with Crippen molar-refractivity contribution in [2.75, 3.05) is 0 Å². The molecule has 2 nitrogen and oxygen atoms in total. The van der Waals surface area contributed by atoms with Crippen molar-refractivity contribution in [1.29, 1.82) is 0 Å². The molecular formula is C42H77O2PS2Zn. The van der Waals surface area contributed by atoms with Crippen LogP contribution in [0.15, 0.2) is 23.1 Å². The molecule has 276 valence electrons. The third-order valence-corrected chi connectivity index (χ3v) is 12.8. The van der Waals surface area contributed by atoms with E-state index in [1.807, 2.05) is 0 Å². The van der Waals surface area contributed by atoms with Crippen molar-refractivity contribution in [3.05, 3.63) is 29.3 Å². The summed E-state index contributed by atoms with van der Waals surface area (Å²) in [4.78, 5) is 25.3. The number of unbranched alkanes of at least 4 members (excludes halogenated alkanes) is 30. The van der Waals surface area contributed by atoms with Crippen LogP contribution in [0.25, 0.3) is 0 Å². The average molecular weight is 775 g/mol. The predicted octanol–water partition coefficient (Wildman–Crippen LogP) is 14.3. The van der Waals surface area contributed by atoms with Crippen molar-refractivity contribution in [2.45, 2.75) is 237 Å². The molecule has 0 aliphatic carbocycles. The molecule has 0 radical (unpaired) electrons. The number of benzene rings is 1. The first-order valence-electron chi connectivity index (χ1n) is 20.8. The Kier molecular flexibility index (Phi) is 36.7. The fourth-order valence-corrected chi connectivity index (χ4v) is 9.83. The number of hydrogen-bond acceptors (Lipinski definition) is 4. The molecular weight excluding hydrogens is 697 g/mol. The van der Waals surface area contributed by atoms with E-state index in [0.29, 0.717) is 0 Å². The zero-order valence-corrected chi connectivity index (χ0v) is 37.6. The molecule has 1 aromatic carbocycles. The maximum atomic E-state index is 12.2. The third-order valence-electron chi connectivity index (χ3n) is 9.98. The second kappa shape index (κ2) is 36.1. The summed E-state index contributed by atoms with van der Waals surface area (Å²) in [5.74, 6) is 0. The van der Waals surface area contributed by atoms with Crippen LogP contribution in [0.5, 0.6) is 0 Å². The minimum atomic E-state index is -3.84. The van der Waals surface area contributed by atoms with Crippen LogP contribution in [-0.2, 0) is 44.1 Å². The van der Waals surface area contributed by atoms with Crippen LogP contribution in [0.2, 0.25) is 0 Å². The molecule has 0 aliphatic heterocycles. The van der Waals surface area contributed by atoms with Crippen molar-refractivity contribution in [1.82, 2.24) is 0 Å². The first-order valence-corrected chi connectivity index (χ1v) is 24.9. The summed E-state index contributed by atoms with van der Waals surface area (Å²) in [6, 6.07) is 6.40. The molecule has 0 aromatic heterocycles. The molecule has 0 heterocycles. The average Bonchev–Trinajstić information content (AvgIpc) is 3.04. The molecule has 0 saturated carbocycles. The monoisotopic (exact) mass is 772 g/mol. The number of rotatable bonds is 36. The largest absolute Gasteiger partial charge is 2.00 e. The zero-order valence-electron chi connectivity index (χ0n) is 32.1. The number of aryl methyl sites for hydroxylation is 2. The van der Waals surface area contributed by atoms with E-state index < -0.39 is 5.69 Å². The SMILES string of the molecule is CCCCCCCCCCCCCCCCCCc1cccc(CCCCCCCCCCCCCCCCCC)c1SP([O-])([O-])=S.[Zn+2]. The maximum absolute atomic E-state index is 12.2. The molecule has 0 spiro atoms. The Labute approximate surface area is 322 Å². The molecule has 0 aliphatic rings. The molecule has 6 heteroatoms. The Hall–Kier alpha value is 0.763. The summed E-state index contributed by atoms with van der Waals surface area (Å²) in [7, 11) is 0. The van der Waals surface area contributed by atoms with E-state index in [4.69, 9.17) is 11.8 Å². The van der Waals surface area contributed by atoms with E-state index in [1.54, 1.807) is 0 Å². The predicted molar refractivity (Wildman–Crippen MR) is 213 cm³/mol. The van der Waals surface area contributed by atoms with Gasteiger partial charge in [-0.05, 0) is 36.8 Å². The Bertz CT molecular complexity index is 808. The van der Waals surface area contributed by atoms with Gasteiger partial charge in [0.2, 0.25) is 0 Å². The molecule has 0 amide bonds. The topological polar surface area (TPSA) is 46.1 Å². The first kappa shape index (κ1) is 48.8. The Morgan fingerprint density at radius 2 is 0.667 bits per heavy atom. The summed E-state index contributed by atoms with van der Waals surface area (Å²) < 4.78 is 0. The first-order chi connectivity index (χ1) is 23.0. The van der Waals surface area contributed by atoms with Gasteiger partial charge in [0.05, 0.1) is 0 Å². The van der Waals surface area contributed by atoms with Gasteiger partial charge in [-0.25, -0.2) is 0 Å². The van der Waals surface area contributed by atoms with Crippen molar-refractivity contribution in [3.8, 4) is 0 Å². The van der Waals surface area contributed by atoms with Gasteiger partial charge in [-0.15, -0.1) is 23.2 Å². The van der Waals surface area contributed by atoms with Gasteiger partial charge in [0.15, 0.2) is 0 Å². The molecule has 0 unspecified atom stereocenters. The fourth-order valence-electron chi connectivity index (χ4n) is 6.99. The molecule has 48 heavy (non-hydrogen) atoms. The van der Waals surface area contributed by atoms with E-state index in [-0.39, 0.29) is 19.5 Å². The second-order valence-electron chi connectivity index (χ2n) is 14.6. The van der Waals surface area contributed by atoms with Crippen molar-refractivity contribution >= 4 is 28.9 Å². The minimum absolute atomic E-state index is 0. The van der Waals surface area contributed by atoms with Gasteiger partial charge in [0, 0.05) is 4.90 Å². The molecule has 0 bridgehead atoms. The Morgan fingerprint density at radius 3 is 0.896 bits per heavy atom. The second-order valence-corrected chi connectivity index (χ2v) is 20.2. The fraction of sp³-hybridized carbons (Fsp3) is 0.857. The third kappa shape index (κ3) is 31.5. The van der Waals surface area contributed by atoms with Crippen LogP contribution in [0.4, 0.5) is 0 Å². The Morgan fingerprint density at radius 1 is 0.438 bits per heavy atom. The van der Waals surface area contributed by atoms with Gasteiger partial charge in [-0.3, -0.25) is 0 Å². The van der Waals surface area contributed by atoms with E-state index >= 15 is 0 Å². The summed E-state index contributed by atoms with van der Waals surface area (Å²) >= 11 is 5.80. The zero-order chi connectivity index (χ0) is 34.1. The van der Waals surface area contributed by atoms with Gasteiger partial charge in [0.1, 0.15) is 0 Å².